The van der Waals surface area contributed by atoms with Crippen molar-refractivity contribution in [3.8, 4) is 0 Å². The van der Waals surface area contributed by atoms with Crippen molar-refractivity contribution in [2.75, 3.05) is 12.0 Å². The Hall–Kier alpha value is -0.900. The monoisotopic (exact) mass is 173 g/mol. The van der Waals surface area contributed by atoms with Crippen molar-refractivity contribution < 1.29 is 8.60 Å². The summed E-state index contributed by atoms with van der Waals surface area (Å²) in [6, 6.07) is 4.12. The molecule has 0 aliphatic heterocycles. The molecular formula is C7H8FNOS. The Kier molecular flexibility index (Phi) is 2.24. The van der Waals surface area contributed by atoms with Gasteiger partial charge in [-0.25, -0.2) is 4.39 Å². The molecule has 0 heterocycles. The Morgan fingerprint density at radius 3 is 2.64 bits per heavy atom. The van der Waals surface area contributed by atoms with Crippen LogP contribution in [-0.4, -0.2) is 10.5 Å². The van der Waals surface area contributed by atoms with E-state index in [1.54, 1.807) is 0 Å². The molecule has 2 N–H and O–H groups in total. The largest absolute Gasteiger partial charge is 0.399 e. The van der Waals surface area contributed by atoms with E-state index < -0.39 is 16.6 Å². The van der Waals surface area contributed by atoms with Crippen LogP contribution in [0.15, 0.2) is 23.1 Å². The number of nitrogens with two attached hydrogens (primary N) is 1. The molecule has 1 aromatic rings. The zero-order valence-corrected chi connectivity index (χ0v) is 6.82. The average Bonchev–Trinajstić information content (AvgIpc) is 1.85. The van der Waals surface area contributed by atoms with Gasteiger partial charge in [0.05, 0.1) is 15.7 Å². The lowest BCUT2D eigenvalue weighted by Crippen LogP contribution is -1.94. The topological polar surface area (TPSA) is 43.1 Å². The van der Waals surface area contributed by atoms with Crippen LogP contribution in [0, 0.1) is 5.82 Å². The van der Waals surface area contributed by atoms with E-state index in [0.717, 1.165) is 6.07 Å². The first-order valence-electron chi connectivity index (χ1n) is 2.99. The van der Waals surface area contributed by atoms with E-state index in [4.69, 9.17) is 5.73 Å². The van der Waals surface area contributed by atoms with E-state index in [-0.39, 0.29) is 4.90 Å². The maximum absolute atomic E-state index is 12.8. The van der Waals surface area contributed by atoms with Crippen molar-refractivity contribution in [1.29, 1.82) is 0 Å². The summed E-state index contributed by atoms with van der Waals surface area (Å²) in [5.74, 6) is -0.508. The van der Waals surface area contributed by atoms with Crippen LogP contribution in [-0.2, 0) is 10.8 Å². The maximum Gasteiger partial charge on any atom is 0.141 e. The van der Waals surface area contributed by atoms with Crippen molar-refractivity contribution in [2.24, 2.45) is 0 Å². The van der Waals surface area contributed by atoms with E-state index in [1.807, 2.05) is 0 Å². The highest BCUT2D eigenvalue weighted by molar-refractivity contribution is 7.84. The predicted octanol–water partition coefficient (Wildman–Crippen LogP) is 1.15. The number of halogens is 1. The summed E-state index contributed by atoms with van der Waals surface area (Å²) in [6.45, 7) is 0. The molecule has 0 saturated heterocycles. The maximum atomic E-state index is 12.8. The third-order valence-corrected chi connectivity index (χ3v) is 2.22. The first kappa shape index (κ1) is 8.20. The molecule has 4 heteroatoms. The number of hydrogen-bond acceptors (Lipinski definition) is 2. The van der Waals surface area contributed by atoms with Gasteiger partial charge in [0.2, 0.25) is 0 Å². The van der Waals surface area contributed by atoms with E-state index in [0.29, 0.717) is 5.69 Å². The van der Waals surface area contributed by atoms with Crippen LogP contribution in [0.1, 0.15) is 0 Å². The minimum absolute atomic E-state index is 0.194. The van der Waals surface area contributed by atoms with Crippen LogP contribution in [0.5, 0.6) is 0 Å². The Bertz CT molecular complexity index is 300. The summed E-state index contributed by atoms with van der Waals surface area (Å²) in [6.07, 6.45) is 1.43. The highest BCUT2D eigenvalue weighted by atomic mass is 32.2. The third-order valence-electron chi connectivity index (χ3n) is 1.27. The van der Waals surface area contributed by atoms with Crippen LogP contribution in [0.25, 0.3) is 0 Å². The van der Waals surface area contributed by atoms with Crippen molar-refractivity contribution in [1.82, 2.24) is 0 Å². The summed E-state index contributed by atoms with van der Waals surface area (Å²) in [5, 5.41) is 0. The molecule has 0 aliphatic carbocycles. The molecule has 1 atom stereocenters. The third kappa shape index (κ3) is 1.77. The molecule has 0 unspecified atom stereocenters. The molecule has 0 radical (unpaired) electrons. The molecule has 0 saturated carbocycles. The summed E-state index contributed by atoms with van der Waals surface area (Å²) in [4.78, 5) is 0.194. The Labute approximate surface area is 66.7 Å². The van der Waals surface area contributed by atoms with Gasteiger partial charge in [0.15, 0.2) is 0 Å². The molecule has 1 aromatic carbocycles. The fraction of sp³-hybridized carbons (Fsp3) is 0.143. The Morgan fingerprint density at radius 1 is 1.55 bits per heavy atom. The zero-order valence-electron chi connectivity index (χ0n) is 6.00. The number of benzene rings is 1. The number of anilines is 1. The zero-order chi connectivity index (χ0) is 8.43. The minimum Gasteiger partial charge on any atom is -0.399 e. The van der Waals surface area contributed by atoms with Gasteiger partial charge in [-0.3, -0.25) is 4.21 Å². The van der Waals surface area contributed by atoms with Gasteiger partial charge in [-0.15, -0.1) is 0 Å². The van der Waals surface area contributed by atoms with E-state index in [2.05, 4.69) is 0 Å². The minimum atomic E-state index is -1.28. The molecule has 0 aliphatic rings. The van der Waals surface area contributed by atoms with Gasteiger partial charge in [0, 0.05) is 11.9 Å². The lowest BCUT2D eigenvalue weighted by atomic mass is 10.3. The van der Waals surface area contributed by atoms with Gasteiger partial charge in [-0.2, -0.15) is 0 Å². The van der Waals surface area contributed by atoms with E-state index in [1.165, 1.54) is 18.4 Å². The summed E-state index contributed by atoms with van der Waals surface area (Å²) < 4.78 is 23.6. The molecular weight excluding hydrogens is 165 g/mol. The fourth-order valence-electron chi connectivity index (χ4n) is 0.750. The summed E-state index contributed by atoms with van der Waals surface area (Å²) in [7, 11) is -1.28. The number of hydrogen-bond donors (Lipinski definition) is 1. The lowest BCUT2D eigenvalue weighted by molar-refractivity contribution is 0.597. The average molecular weight is 173 g/mol. The van der Waals surface area contributed by atoms with Crippen molar-refractivity contribution in [2.45, 2.75) is 4.90 Å². The molecule has 0 aromatic heterocycles. The first-order chi connectivity index (χ1) is 5.11. The second kappa shape index (κ2) is 3.00. The van der Waals surface area contributed by atoms with Crippen molar-refractivity contribution in [3.05, 3.63) is 24.0 Å². The SMILES string of the molecule is C[S@](=O)c1ccc(N)cc1F. The van der Waals surface area contributed by atoms with Gasteiger partial charge >= 0.3 is 0 Å². The number of rotatable bonds is 1. The molecule has 1 rings (SSSR count). The normalized spacial score (nSPS) is 12.9. The molecule has 2 nitrogen and oxygen atoms in total. The van der Waals surface area contributed by atoms with Crippen molar-refractivity contribution >= 4 is 16.5 Å². The Morgan fingerprint density at radius 2 is 2.18 bits per heavy atom. The summed E-state index contributed by atoms with van der Waals surface area (Å²) in [5.41, 5.74) is 5.63. The van der Waals surface area contributed by atoms with Crippen LogP contribution in [0.2, 0.25) is 0 Å². The predicted molar refractivity (Wildman–Crippen MR) is 43.1 cm³/mol. The van der Waals surface area contributed by atoms with Gasteiger partial charge in [0.1, 0.15) is 5.82 Å². The van der Waals surface area contributed by atoms with E-state index >= 15 is 0 Å². The highest BCUT2D eigenvalue weighted by Gasteiger charge is 2.04. The second-order valence-electron chi connectivity index (χ2n) is 2.14. The molecule has 60 valence electrons. The molecule has 0 fully saturated rings. The quantitative estimate of drug-likeness (QED) is 0.647. The standard InChI is InChI=1S/C7H8FNOS/c1-11(10)7-3-2-5(9)4-6(7)8/h2-4H,9H2,1H3/t11-/m0/s1. The smallest absolute Gasteiger partial charge is 0.141 e. The van der Waals surface area contributed by atoms with Crippen molar-refractivity contribution in [3.63, 3.8) is 0 Å². The van der Waals surface area contributed by atoms with Crippen LogP contribution >= 0.6 is 0 Å². The van der Waals surface area contributed by atoms with Gasteiger partial charge in [-0.05, 0) is 18.2 Å². The first-order valence-corrected chi connectivity index (χ1v) is 4.55. The molecule has 0 spiro atoms. The second-order valence-corrected chi connectivity index (χ2v) is 3.49. The van der Waals surface area contributed by atoms with Gasteiger partial charge in [0.25, 0.3) is 0 Å². The van der Waals surface area contributed by atoms with Crippen LogP contribution < -0.4 is 5.73 Å². The van der Waals surface area contributed by atoms with E-state index in [9.17, 15) is 8.60 Å². The fourth-order valence-corrected chi connectivity index (χ4v) is 1.34. The highest BCUT2D eigenvalue weighted by Crippen LogP contribution is 2.14. The summed E-state index contributed by atoms with van der Waals surface area (Å²) >= 11 is 0. The molecule has 0 amide bonds. The lowest BCUT2D eigenvalue weighted by Gasteiger charge is -1.98. The van der Waals surface area contributed by atoms with Gasteiger partial charge in [-0.1, -0.05) is 0 Å². The van der Waals surface area contributed by atoms with Gasteiger partial charge < -0.3 is 5.73 Å². The number of nitrogen functional groups attached to an aromatic ring is 1. The Balaban J connectivity index is 3.20. The molecule has 0 bridgehead atoms. The molecule has 11 heavy (non-hydrogen) atoms. The van der Waals surface area contributed by atoms with Crippen LogP contribution in [0.4, 0.5) is 10.1 Å². The van der Waals surface area contributed by atoms with Crippen LogP contribution in [0.3, 0.4) is 0 Å².